The molecule has 1 atom stereocenters. The Morgan fingerprint density at radius 3 is 2.52 bits per heavy atom. The predicted octanol–water partition coefficient (Wildman–Crippen LogP) is 3.10. The van der Waals surface area contributed by atoms with E-state index in [-0.39, 0.29) is 11.6 Å². The highest BCUT2D eigenvalue weighted by Crippen LogP contribution is 2.10. The highest BCUT2D eigenvalue weighted by molar-refractivity contribution is 5.68. The first-order valence-electron chi connectivity index (χ1n) is 7.34. The molecule has 0 saturated carbocycles. The Hall–Kier alpha value is -1.49. The second-order valence-corrected chi connectivity index (χ2v) is 7.08. The maximum absolute atomic E-state index is 11.8. The second-order valence-electron chi connectivity index (χ2n) is 7.08. The molecule has 1 unspecified atom stereocenters. The number of carbonyl (C=O) groups excluding carboxylic acids is 1. The molecule has 0 fully saturated rings. The first-order chi connectivity index (χ1) is 9.57. The summed E-state index contributed by atoms with van der Waals surface area (Å²) in [6.07, 6.45) is 2.10. The topological polar surface area (TPSA) is 63.5 Å². The molecule has 1 aromatic rings. The molecular formula is C16H28N2O3. The van der Waals surface area contributed by atoms with Gasteiger partial charge in [-0.3, -0.25) is 0 Å². The number of amides is 1. The van der Waals surface area contributed by atoms with Gasteiger partial charge in [-0.2, -0.15) is 0 Å². The van der Waals surface area contributed by atoms with E-state index in [4.69, 9.17) is 9.15 Å². The summed E-state index contributed by atoms with van der Waals surface area (Å²) in [4.78, 5) is 11.8. The molecule has 0 radical (unpaired) electrons. The molecule has 0 aliphatic rings. The average molecular weight is 296 g/mol. The molecule has 2 N–H and O–H groups in total. The lowest BCUT2D eigenvalue weighted by atomic mass is 10.0. The highest BCUT2D eigenvalue weighted by Gasteiger charge is 2.24. The number of hydrogen-bond acceptors (Lipinski definition) is 4. The van der Waals surface area contributed by atoms with Crippen LogP contribution < -0.4 is 10.6 Å². The van der Waals surface area contributed by atoms with E-state index in [1.54, 1.807) is 6.26 Å². The summed E-state index contributed by atoms with van der Waals surface area (Å²) in [7, 11) is 0. The van der Waals surface area contributed by atoms with Gasteiger partial charge < -0.3 is 19.8 Å². The zero-order chi connectivity index (χ0) is 16.1. The summed E-state index contributed by atoms with van der Waals surface area (Å²) in [6, 6.07) is 4.11. The van der Waals surface area contributed by atoms with Crippen molar-refractivity contribution in [3.8, 4) is 0 Å². The summed E-state index contributed by atoms with van der Waals surface area (Å²) < 4.78 is 10.6. The van der Waals surface area contributed by atoms with Gasteiger partial charge in [-0.05, 0) is 53.7 Å². The van der Waals surface area contributed by atoms with Gasteiger partial charge in [-0.1, -0.05) is 0 Å². The number of nitrogens with one attached hydrogen (secondary N) is 2. The van der Waals surface area contributed by atoms with Crippen LogP contribution in [-0.4, -0.2) is 29.8 Å². The van der Waals surface area contributed by atoms with Crippen LogP contribution in [0.15, 0.2) is 22.8 Å². The van der Waals surface area contributed by atoms with Crippen LogP contribution in [0.1, 0.15) is 47.3 Å². The third-order valence-corrected chi connectivity index (χ3v) is 2.82. The largest absolute Gasteiger partial charge is 0.469 e. The fraction of sp³-hybridized carbons (Fsp3) is 0.688. The maximum atomic E-state index is 11.8. The van der Waals surface area contributed by atoms with Crippen molar-refractivity contribution in [3.63, 3.8) is 0 Å². The molecule has 1 aromatic heterocycles. The zero-order valence-electron chi connectivity index (χ0n) is 13.9. The summed E-state index contributed by atoms with van der Waals surface area (Å²) in [6.45, 7) is 12.2. The van der Waals surface area contributed by atoms with Crippen LogP contribution in [0.2, 0.25) is 0 Å². The van der Waals surface area contributed by atoms with E-state index < -0.39 is 11.7 Å². The van der Waals surface area contributed by atoms with E-state index >= 15 is 0 Å². The molecule has 0 aliphatic heterocycles. The number of hydrogen-bond donors (Lipinski definition) is 2. The van der Waals surface area contributed by atoms with Gasteiger partial charge in [0.2, 0.25) is 0 Å². The minimum atomic E-state index is -0.486. The van der Waals surface area contributed by atoms with Gasteiger partial charge in [-0.25, -0.2) is 4.79 Å². The Balaban J connectivity index is 2.36. The Morgan fingerprint density at radius 1 is 1.33 bits per heavy atom. The molecule has 1 heterocycles. The van der Waals surface area contributed by atoms with Gasteiger partial charge in [0.1, 0.15) is 11.4 Å². The van der Waals surface area contributed by atoms with Crippen molar-refractivity contribution in [3.05, 3.63) is 24.2 Å². The highest BCUT2D eigenvalue weighted by atomic mass is 16.6. The molecule has 0 aliphatic carbocycles. The molecule has 0 aromatic carbocycles. The second kappa shape index (κ2) is 6.98. The van der Waals surface area contributed by atoms with Gasteiger partial charge in [0.15, 0.2) is 0 Å². The van der Waals surface area contributed by atoms with Crippen LogP contribution in [0.3, 0.4) is 0 Å². The molecule has 0 spiro atoms. The van der Waals surface area contributed by atoms with Crippen LogP contribution in [0.25, 0.3) is 0 Å². The number of alkyl carbamates (subject to hydrolysis) is 1. The van der Waals surface area contributed by atoms with Gasteiger partial charge in [0, 0.05) is 19.0 Å². The van der Waals surface area contributed by atoms with Crippen LogP contribution in [0.5, 0.6) is 0 Å². The fourth-order valence-corrected chi connectivity index (χ4v) is 1.86. The van der Waals surface area contributed by atoms with Gasteiger partial charge in [-0.15, -0.1) is 0 Å². The van der Waals surface area contributed by atoms with E-state index in [1.165, 1.54) is 0 Å². The smallest absolute Gasteiger partial charge is 0.408 e. The monoisotopic (exact) mass is 296 g/mol. The molecule has 1 rings (SSSR count). The quantitative estimate of drug-likeness (QED) is 0.846. The van der Waals surface area contributed by atoms with Crippen molar-refractivity contribution in [2.45, 2.75) is 65.1 Å². The average Bonchev–Trinajstić information content (AvgIpc) is 2.75. The maximum Gasteiger partial charge on any atom is 0.408 e. The van der Waals surface area contributed by atoms with Crippen molar-refractivity contribution >= 4 is 6.09 Å². The molecule has 5 nitrogen and oxygen atoms in total. The predicted molar refractivity (Wildman–Crippen MR) is 83.3 cm³/mol. The molecule has 0 bridgehead atoms. The molecule has 0 saturated heterocycles. The van der Waals surface area contributed by atoms with E-state index in [2.05, 4.69) is 17.6 Å². The number of ether oxygens (including phenoxy) is 1. The Labute approximate surface area is 127 Å². The Bertz CT molecular complexity index is 433. The Kier molecular flexibility index (Phi) is 5.84. The van der Waals surface area contributed by atoms with Gasteiger partial charge >= 0.3 is 6.09 Å². The molecule has 5 heteroatoms. The molecule has 120 valence electrons. The normalized spacial score (nSPS) is 13.8. The number of furan rings is 1. The van der Waals surface area contributed by atoms with E-state index in [0.717, 1.165) is 12.2 Å². The molecular weight excluding hydrogens is 268 g/mol. The van der Waals surface area contributed by atoms with Crippen LogP contribution in [-0.2, 0) is 11.2 Å². The van der Waals surface area contributed by atoms with E-state index in [9.17, 15) is 4.79 Å². The minimum Gasteiger partial charge on any atom is -0.469 e. The van der Waals surface area contributed by atoms with Crippen molar-refractivity contribution in [2.75, 3.05) is 6.54 Å². The summed E-state index contributed by atoms with van der Waals surface area (Å²) in [5, 5.41) is 6.28. The van der Waals surface area contributed by atoms with Gasteiger partial charge in [0.25, 0.3) is 0 Å². The van der Waals surface area contributed by atoms with Gasteiger partial charge in [0.05, 0.1) is 11.8 Å². The Morgan fingerprint density at radius 2 is 2.00 bits per heavy atom. The SMILES string of the molecule is CC(Cc1ccco1)NCC(C)(C)NC(=O)OC(C)(C)C. The first kappa shape index (κ1) is 17.6. The van der Waals surface area contributed by atoms with Crippen molar-refractivity contribution in [2.24, 2.45) is 0 Å². The molecule has 1 amide bonds. The first-order valence-corrected chi connectivity index (χ1v) is 7.34. The third kappa shape index (κ3) is 7.75. The lowest BCUT2D eigenvalue weighted by molar-refractivity contribution is 0.0470. The standard InChI is InChI=1S/C16H28N2O3/c1-12(10-13-8-7-9-20-13)17-11-16(5,6)18-14(19)21-15(2,3)4/h7-9,12,17H,10-11H2,1-6H3,(H,18,19). The van der Waals surface area contributed by atoms with Crippen molar-refractivity contribution in [1.29, 1.82) is 0 Å². The van der Waals surface area contributed by atoms with Crippen LogP contribution >= 0.6 is 0 Å². The van der Waals surface area contributed by atoms with Crippen LogP contribution in [0, 0.1) is 0 Å². The lowest BCUT2D eigenvalue weighted by Crippen LogP contribution is -2.53. The lowest BCUT2D eigenvalue weighted by Gasteiger charge is -2.30. The van der Waals surface area contributed by atoms with E-state index in [1.807, 2.05) is 46.8 Å². The number of rotatable bonds is 6. The summed E-state index contributed by atoms with van der Waals surface area (Å²) >= 11 is 0. The molecule has 21 heavy (non-hydrogen) atoms. The van der Waals surface area contributed by atoms with Crippen molar-refractivity contribution in [1.82, 2.24) is 10.6 Å². The summed E-state index contributed by atoms with van der Waals surface area (Å²) in [5.74, 6) is 0.952. The van der Waals surface area contributed by atoms with E-state index in [0.29, 0.717) is 6.54 Å². The minimum absolute atomic E-state index is 0.260. The van der Waals surface area contributed by atoms with Crippen molar-refractivity contribution < 1.29 is 13.9 Å². The number of carbonyl (C=O) groups is 1. The fourth-order valence-electron chi connectivity index (χ4n) is 1.86. The zero-order valence-corrected chi connectivity index (χ0v) is 13.9. The summed E-state index contributed by atoms with van der Waals surface area (Å²) in [5.41, 5.74) is -0.875. The van der Waals surface area contributed by atoms with Crippen LogP contribution in [0.4, 0.5) is 4.79 Å². The third-order valence-electron chi connectivity index (χ3n) is 2.82.